The highest BCUT2D eigenvalue weighted by Crippen LogP contribution is 2.32. The van der Waals surface area contributed by atoms with E-state index in [1.54, 1.807) is 6.20 Å². The number of halogens is 3. The summed E-state index contributed by atoms with van der Waals surface area (Å²) in [7, 11) is 0. The molecule has 0 radical (unpaired) electrons. The van der Waals surface area contributed by atoms with Crippen molar-refractivity contribution in [3.8, 4) is 0 Å². The average molecular weight is 345 g/mol. The maximum absolute atomic E-state index is 6.44. The van der Waals surface area contributed by atoms with Gasteiger partial charge in [0.1, 0.15) is 0 Å². The van der Waals surface area contributed by atoms with E-state index in [4.69, 9.17) is 23.2 Å². The molecule has 94 valence electrons. The molecule has 0 aliphatic heterocycles. The van der Waals surface area contributed by atoms with Gasteiger partial charge in [0.05, 0.1) is 5.38 Å². The van der Waals surface area contributed by atoms with Gasteiger partial charge in [0.2, 0.25) is 0 Å². The molecule has 2 rings (SSSR count). The molecule has 2 aromatic rings. The third-order valence-corrected chi connectivity index (χ3v) is 4.01. The van der Waals surface area contributed by atoms with Gasteiger partial charge >= 0.3 is 0 Å². The molecular weight excluding hydrogens is 333 g/mol. The Morgan fingerprint density at radius 2 is 2.11 bits per heavy atom. The van der Waals surface area contributed by atoms with Crippen molar-refractivity contribution in [2.24, 2.45) is 0 Å². The molecule has 1 aromatic carbocycles. The molecule has 1 unspecified atom stereocenters. The molecule has 0 saturated heterocycles. The lowest BCUT2D eigenvalue weighted by Gasteiger charge is -2.13. The summed E-state index contributed by atoms with van der Waals surface area (Å²) in [5.74, 6) is 0. The Kier molecular flexibility index (Phi) is 4.66. The average Bonchev–Trinajstić information content (AvgIpc) is 2.35. The van der Waals surface area contributed by atoms with E-state index in [1.807, 2.05) is 37.3 Å². The number of aryl methyl sites for hydroxylation is 1. The minimum absolute atomic E-state index is 0.177. The van der Waals surface area contributed by atoms with E-state index in [2.05, 4.69) is 20.9 Å². The number of rotatable bonds is 3. The number of pyridine rings is 1. The van der Waals surface area contributed by atoms with Crippen molar-refractivity contribution >= 4 is 39.1 Å². The first-order chi connectivity index (χ1) is 8.58. The summed E-state index contributed by atoms with van der Waals surface area (Å²) < 4.78 is 0.977. The topological polar surface area (TPSA) is 12.9 Å². The molecule has 1 aromatic heterocycles. The van der Waals surface area contributed by atoms with Crippen molar-refractivity contribution in [1.82, 2.24) is 4.98 Å². The van der Waals surface area contributed by atoms with Gasteiger partial charge in [-0.05, 0) is 42.3 Å². The Bertz CT molecular complexity index is 557. The van der Waals surface area contributed by atoms with Gasteiger partial charge in [0.25, 0.3) is 0 Å². The molecule has 0 bridgehead atoms. The van der Waals surface area contributed by atoms with Crippen molar-refractivity contribution in [3.63, 3.8) is 0 Å². The lowest BCUT2D eigenvalue weighted by Crippen LogP contribution is -2.01. The van der Waals surface area contributed by atoms with Crippen LogP contribution in [0.4, 0.5) is 0 Å². The molecule has 1 atom stereocenters. The lowest BCUT2D eigenvalue weighted by atomic mass is 10.0. The highest BCUT2D eigenvalue weighted by Gasteiger charge is 2.14. The number of alkyl halides is 1. The van der Waals surface area contributed by atoms with Crippen molar-refractivity contribution in [2.45, 2.75) is 18.7 Å². The SMILES string of the molecule is Cc1cccnc1CC(Cl)c1cc(Br)ccc1Cl. The Morgan fingerprint density at radius 3 is 2.83 bits per heavy atom. The molecule has 18 heavy (non-hydrogen) atoms. The van der Waals surface area contributed by atoms with Gasteiger partial charge in [0, 0.05) is 27.8 Å². The molecule has 0 spiro atoms. The summed E-state index contributed by atoms with van der Waals surface area (Å²) in [5.41, 5.74) is 3.08. The molecule has 1 nitrogen and oxygen atoms in total. The number of benzene rings is 1. The number of hydrogen-bond acceptors (Lipinski definition) is 1. The van der Waals surface area contributed by atoms with Crippen LogP contribution in [-0.4, -0.2) is 4.98 Å². The van der Waals surface area contributed by atoms with E-state index in [0.717, 1.165) is 21.3 Å². The first-order valence-electron chi connectivity index (χ1n) is 5.57. The predicted molar refractivity (Wildman–Crippen MR) is 80.4 cm³/mol. The number of nitrogens with zero attached hydrogens (tertiary/aromatic N) is 1. The molecule has 0 fully saturated rings. The zero-order chi connectivity index (χ0) is 13.1. The van der Waals surface area contributed by atoms with E-state index >= 15 is 0 Å². The van der Waals surface area contributed by atoms with Crippen molar-refractivity contribution in [3.05, 3.63) is 62.8 Å². The Morgan fingerprint density at radius 1 is 1.33 bits per heavy atom. The van der Waals surface area contributed by atoms with Gasteiger partial charge < -0.3 is 0 Å². The van der Waals surface area contributed by atoms with Gasteiger partial charge in [-0.25, -0.2) is 0 Å². The van der Waals surface area contributed by atoms with Gasteiger partial charge in [-0.2, -0.15) is 0 Å². The third-order valence-electron chi connectivity index (χ3n) is 2.79. The zero-order valence-corrected chi connectivity index (χ0v) is 12.9. The summed E-state index contributed by atoms with van der Waals surface area (Å²) in [5, 5.41) is 0.510. The monoisotopic (exact) mass is 343 g/mol. The maximum atomic E-state index is 6.44. The van der Waals surface area contributed by atoms with Crippen LogP contribution in [0, 0.1) is 6.92 Å². The fourth-order valence-electron chi connectivity index (χ4n) is 1.77. The highest BCUT2D eigenvalue weighted by atomic mass is 79.9. The van der Waals surface area contributed by atoms with E-state index in [0.29, 0.717) is 11.4 Å². The number of aromatic nitrogens is 1. The van der Waals surface area contributed by atoms with E-state index in [-0.39, 0.29) is 5.38 Å². The van der Waals surface area contributed by atoms with Crippen LogP contribution in [0.1, 0.15) is 22.2 Å². The Labute approximate surface area is 125 Å². The molecule has 4 heteroatoms. The predicted octanol–water partition coefficient (Wildman–Crippen LogP) is 5.33. The van der Waals surface area contributed by atoms with Crippen LogP contribution in [0.5, 0.6) is 0 Å². The zero-order valence-electron chi connectivity index (χ0n) is 9.83. The fraction of sp³-hybridized carbons (Fsp3) is 0.214. The summed E-state index contributed by atoms with van der Waals surface area (Å²) in [6, 6.07) is 9.67. The van der Waals surface area contributed by atoms with Crippen molar-refractivity contribution < 1.29 is 0 Å². The Balaban J connectivity index is 2.25. The van der Waals surface area contributed by atoms with Crippen LogP contribution in [0.15, 0.2) is 41.0 Å². The van der Waals surface area contributed by atoms with Gasteiger partial charge in [0.15, 0.2) is 0 Å². The Hall–Kier alpha value is -0.570. The van der Waals surface area contributed by atoms with Crippen molar-refractivity contribution in [2.75, 3.05) is 0 Å². The van der Waals surface area contributed by atoms with Crippen LogP contribution in [0.3, 0.4) is 0 Å². The smallest absolute Gasteiger partial charge is 0.0655 e. The fourth-order valence-corrected chi connectivity index (χ4v) is 2.78. The normalized spacial score (nSPS) is 12.4. The second-order valence-electron chi connectivity index (χ2n) is 4.10. The van der Waals surface area contributed by atoms with E-state index < -0.39 is 0 Å². The van der Waals surface area contributed by atoms with Gasteiger partial charge in [-0.3, -0.25) is 4.98 Å². The largest absolute Gasteiger partial charge is 0.261 e. The van der Waals surface area contributed by atoms with Crippen molar-refractivity contribution in [1.29, 1.82) is 0 Å². The highest BCUT2D eigenvalue weighted by molar-refractivity contribution is 9.10. The summed E-state index contributed by atoms with van der Waals surface area (Å²) >= 11 is 16.0. The maximum Gasteiger partial charge on any atom is 0.0655 e. The lowest BCUT2D eigenvalue weighted by molar-refractivity contribution is 0.869. The van der Waals surface area contributed by atoms with Gasteiger partial charge in [-0.1, -0.05) is 33.6 Å². The van der Waals surface area contributed by atoms with E-state index in [9.17, 15) is 0 Å². The van der Waals surface area contributed by atoms with Crippen LogP contribution < -0.4 is 0 Å². The van der Waals surface area contributed by atoms with Crippen LogP contribution in [0.2, 0.25) is 5.02 Å². The molecule has 0 aliphatic rings. The van der Waals surface area contributed by atoms with Crippen LogP contribution in [0.25, 0.3) is 0 Å². The van der Waals surface area contributed by atoms with Gasteiger partial charge in [-0.15, -0.1) is 11.6 Å². The summed E-state index contributed by atoms with van der Waals surface area (Å²) in [4.78, 5) is 4.36. The first-order valence-corrected chi connectivity index (χ1v) is 7.18. The molecule has 0 N–H and O–H groups in total. The quantitative estimate of drug-likeness (QED) is 0.686. The second kappa shape index (κ2) is 6.05. The minimum Gasteiger partial charge on any atom is -0.261 e. The molecule has 0 aliphatic carbocycles. The molecule has 1 heterocycles. The van der Waals surface area contributed by atoms with Crippen LogP contribution in [-0.2, 0) is 6.42 Å². The molecule has 0 saturated carbocycles. The second-order valence-corrected chi connectivity index (χ2v) is 5.95. The third kappa shape index (κ3) is 3.25. The minimum atomic E-state index is -0.177. The molecular formula is C14H12BrCl2N. The molecule has 0 amide bonds. The number of hydrogen-bond donors (Lipinski definition) is 0. The van der Waals surface area contributed by atoms with Crippen LogP contribution >= 0.6 is 39.1 Å². The summed E-state index contributed by atoms with van der Waals surface area (Å²) in [6.45, 7) is 2.04. The van der Waals surface area contributed by atoms with E-state index in [1.165, 1.54) is 0 Å². The standard InChI is InChI=1S/C14H12BrCl2N/c1-9-3-2-6-18-14(9)8-13(17)11-7-10(15)4-5-12(11)16/h2-7,13H,8H2,1H3. The first kappa shape index (κ1) is 13.9. The summed E-state index contributed by atoms with van der Waals surface area (Å²) in [6.07, 6.45) is 2.46.